The lowest BCUT2D eigenvalue weighted by Crippen LogP contribution is -2.05. The molecular weight excluding hydrogens is 298 g/mol. The monoisotopic (exact) mass is 308 g/mol. The maximum Gasteiger partial charge on any atom is 0.181 e. The van der Waals surface area contributed by atoms with Crippen LogP contribution in [0.3, 0.4) is 0 Å². The number of hydrogen-bond donors (Lipinski definition) is 0. The molecule has 0 unspecified atom stereocenters. The van der Waals surface area contributed by atoms with Crippen LogP contribution in [0.15, 0.2) is 18.2 Å². The molecule has 0 N–H and O–H groups in total. The van der Waals surface area contributed by atoms with E-state index in [0.717, 1.165) is 11.1 Å². The van der Waals surface area contributed by atoms with E-state index in [2.05, 4.69) is 15.3 Å². The summed E-state index contributed by atoms with van der Waals surface area (Å²) in [4.78, 5) is 0. The number of aromatic nitrogens is 4. The van der Waals surface area contributed by atoms with Crippen LogP contribution in [-0.2, 0) is 6.42 Å². The highest BCUT2D eigenvalue weighted by atomic mass is 35.5. The summed E-state index contributed by atoms with van der Waals surface area (Å²) in [5, 5.41) is 12.5. The van der Waals surface area contributed by atoms with Gasteiger partial charge in [-0.25, -0.2) is 8.78 Å². The number of halogens is 3. The van der Waals surface area contributed by atoms with E-state index in [4.69, 9.17) is 11.6 Å². The van der Waals surface area contributed by atoms with Gasteiger partial charge in [-0.05, 0) is 31.5 Å². The SMILES string of the molecule is Cc1c(Cl)nn2c(Cc3c(F)cccc3F)nnc2c1C. The van der Waals surface area contributed by atoms with Gasteiger partial charge in [0, 0.05) is 17.5 Å². The predicted molar refractivity (Wildman–Crippen MR) is 74.4 cm³/mol. The molecule has 108 valence electrons. The molecule has 3 aromatic rings. The summed E-state index contributed by atoms with van der Waals surface area (Å²) in [7, 11) is 0. The van der Waals surface area contributed by atoms with Gasteiger partial charge in [0.1, 0.15) is 11.6 Å². The highest BCUT2D eigenvalue weighted by Crippen LogP contribution is 2.21. The van der Waals surface area contributed by atoms with Crippen LogP contribution >= 0.6 is 11.6 Å². The van der Waals surface area contributed by atoms with Crippen LogP contribution in [0.4, 0.5) is 8.78 Å². The van der Waals surface area contributed by atoms with Crippen molar-refractivity contribution in [3.05, 3.63) is 57.5 Å². The van der Waals surface area contributed by atoms with Gasteiger partial charge in [0.05, 0.1) is 0 Å². The number of hydrogen-bond acceptors (Lipinski definition) is 3. The van der Waals surface area contributed by atoms with Crippen LogP contribution in [0.5, 0.6) is 0 Å². The molecule has 0 fully saturated rings. The molecule has 0 saturated heterocycles. The first-order valence-corrected chi connectivity index (χ1v) is 6.66. The molecule has 0 atom stereocenters. The standard InChI is InChI=1S/C14H11ClF2N4/c1-7-8(2)14-19-18-12(21(14)20-13(7)15)6-9-10(16)4-3-5-11(9)17/h3-5H,6H2,1-2H3. The van der Waals surface area contributed by atoms with Gasteiger partial charge in [0.2, 0.25) is 0 Å². The van der Waals surface area contributed by atoms with Crippen LogP contribution in [-0.4, -0.2) is 19.8 Å². The van der Waals surface area contributed by atoms with Gasteiger partial charge >= 0.3 is 0 Å². The Morgan fingerprint density at radius 2 is 1.76 bits per heavy atom. The zero-order chi connectivity index (χ0) is 15.1. The lowest BCUT2D eigenvalue weighted by molar-refractivity contribution is 0.557. The first kappa shape index (κ1) is 13.9. The number of fused-ring (bicyclic) bond motifs is 1. The molecule has 0 saturated carbocycles. The Bertz CT molecular complexity index is 824. The van der Waals surface area contributed by atoms with Crippen LogP contribution in [0, 0.1) is 25.5 Å². The second kappa shape index (κ2) is 5.04. The number of benzene rings is 1. The lowest BCUT2D eigenvalue weighted by atomic mass is 10.1. The van der Waals surface area contributed by atoms with Gasteiger partial charge < -0.3 is 0 Å². The third kappa shape index (κ3) is 2.25. The Labute approximate surface area is 124 Å². The normalized spacial score (nSPS) is 11.3. The van der Waals surface area contributed by atoms with Crippen LogP contribution in [0.1, 0.15) is 22.5 Å². The minimum atomic E-state index is -0.623. The summed E-state index contributed by atoms with van der Waals surface area (Å²) in [5.41, 5.74) is 2.11. The molecule has 2 aromatic heterocycles. The predicted octanol–water partition coefficient (Wildman–Crippen LogP) is 3.26. The molecule has 21 heavy (non-hydrogen) atoms. The van der Waals surface area contributed by atoms with Crippen molar-refractivity contribution in [2.75, 3.05) is 0 Å². The molecule has 2 heterocycles. The van der Waals surface area contributed by atoms with Crippen molar-refractivity contribution >= 4 is 17.2 Å². The van der Waals surface area contributed by atoms with Crippen molar-refractivity contribution in [1.82, 2.24) is 19.8 Å². The summed E-state index contributed by atoms with van der Waals surface area (Å²) < 4.78 is 28.9. The van der Waals surface area contributed by atoms with Crippen molar-refractivity contribution in [1.29, 1.82) is 0 Å². The van der Waals surface area contributed by atoms with Crippen LogP contribution < -0.4 is 0 Å². The zero-order valence-corrected chi connectivity index (χ0v) is 12.1. The van der Waals surface area contributed by atoms with Gasteiger partial charge in [0.25, 0.3) is 0 Å². The van der Waals surface area contributed by atoms with E-state index in [1.165, 1.54) is 22.7 Å². The third-order valence-corrected chi connectivity index (χ3v) is 3.86. The molecule has 1 aromatic carbocycles. The van der Waals surface area contributed by atoms with E-state index >= 15 is 0 Å². The van der Waals surface area contributed by atoms with Gasteiger partial charge in [-0.2, -0.15) is 9.61 Å². The van der Waals surface area contributed by atoms with Crippen molar-refractivity contribution in [3.63, 3.8) is 0 Å². The average molecular weight is 309 g/mol. The van der Waals surface area contributed by atoms with Crippen molar-refractivity contribution < 1.29 is 8.78 Å². The quantitative estimate of drug-likeness (QED) is 0.730. The Balaban J connectivity index is 2.14. The van der Waals surface area contributed by atoms with E-state index in [-0.39, 0.29) is 12.0 Å². The number of nitrogens with zero attached hydrogens (tertiary/aromatic N) is 4. The maximum absolute atomic E-state index is 13.7. The molecule has 0 spiro atoms. The fraction of sp³-hybridized carbons (Fsp3) is 0.214. The minimum Gasteiger partial charge on any atom is -0.207 e. The first-order valence-electron chi connectivity index (χ1n) is 6.29. The van der Waals surface area contributed by atoms with Gasteiger partial charge in [-0.15, -0.1) is 10.2 Å². The molecule has 7 heteroatoms. The Morgan fingerprint density at radius 3 is 2.43 bits per heavy atom. The summed E-state index contributed by atoms with van der Waals surface area (Å²) in [6.45, 7) is 3.68. The molecule has 4 nitrogen and oxygen atoms in total. The van der Waals surface area contributed by atoms with E-state index in [1.807, 2.05) is 13.8 Å². The minimum absolute atomic E-state index is 0.0501. The molecule has 0 aliphatic rings. The lowest BCUT2D eigenvalue weighted by Gasteiger charge is -2.06. The molecule has 0 aliphatic heterocycles. The molecular formula is C14H11ClF2N4. The average Bonchev–Trinajstić information content (AvgIpc) is 2.83. The second-order valence-electron chi connectivity index (χ2n) is 4.77. The summed E-state index contributed by atoms with van der Waals surface area (Å²) in [6.07, 6.45) is -0.0501. The Morgan fingerprint density at radius 1 is 1.10 bits per heavy atom. The topological polar surface area (TPSA) is 43.1 Å². The fourth-order valence-corrected chi connectivity index (χ4v) is 2.32. The maximum atomic E-state index is 13.7. The van der Waals surface area contributed by atoms with Crippen LogP contribution in [0.25, 0.3) is 5.65 Å². The zero-order valence-electron chi connectivity index (χ0n) is 11.4. The third-order valence-electron chi connectivity index (χ3n) is 3.50. The molecule has 0 amide bonds. The molecule has 0 radical (unpaired) electrons. The van der Waals surface area contributed by atoms with E-state index < -0.39 is 11.6 Å². The highest BCUT2D eigenvalue weighted by molar-refractivity contribution is 6.30. The second-order valence-corrected chi connectivity index (χ2v) is 5.13. The Hall–Kier alpha value is -2.08. The first-order chi connectivity index (χ1) is 9.99. The summed E-state index contributed by atoms with van der Waals surface area (Å²) in [6, 6.07) is 3.73. The van der Waals surface area contributed by atoms with Gasteiger partial charge in [0.15, 0.2) is 16.6 Å². The molecule has 0 aliphatic carbocycles. The number of rotatable bonds is 2. The van der Waals surface area contributed by atoms with E-state index in [0.29, 0.717) is 16.6 Å². The van der Waals surface area contributed by atoms with Crippen molar-refractivity contribution in [3.8, 4) is 0 Å². The highest BCUT2D eigenvalue weighted by Gasteiger charge is 2.17. The summed E-state index contributed by atoms with van der Waals surface area (Å²) >= 11 is 6.05. The smallest absolute Gasteiger partial charge is 0.181 e. The molecule has 3 rings (SSSR count). The largest absolute Gasteiger partial charge is 0.207 e. The van der Waals surface area contributed by atoms with Gasteiger partial charge in [-0.3, -0.25) is 0 Å². The molecule has 0 bridgehead atoms. The Kier molecular flexibility index (Phi) is 3.33. The van der Waals surface area contributed by atoms with Crippen molar-refractivity contribution in [2.45, 2.75) is 20.3 Å². The summed E-state index contributed by atoms with van der Waals surface area (Å²) in [5.74, 6) is -0.914. The van der Waals surface area contributed by atoms with E-state index in [9.17, 15) is 8.78 Å². The van der Waals surface area contributed by atoms with Crippen LogP contribution in [0.2, 0.25) is 5.15 Å². The van der Waals surface area contributed by atoms with E-state index in [1.54, 1.807) is 0 Å². The van der Waals surface area contributed by atoms with Gasteiger partial charge in [-0.1, -0.05) is 17.7 Å². The van der Waals surface area contributed by atoms with Crippen molar-refractivity contribution in [2.24, 2.45) is 0 Å². The fourth-order valence-electron chi connectivity index (χ4n) is 2.11. The number of aryl methyl sites for hydroxylation is 1.